The van der Waals surface area contributed by atoms with E-state index in [0.717, 1.165) is 6.26 Å². The highest BCUT2D eigenvalue weighted by atomic mass is 35.5. The molecule has 0 unspecified atom stereocenters. The van der Waals surface area contributed by atoms with Gasteiger partial charge in [0, 0.05) is 6.20 Å². The summed E-state index contributed by atoms with van der Waals surface area (Å²) in [6.45, 7) is 1.71. The molecule has 0 amide bonds. The number of anilines is 4. The summed E-state index contributed by atoms with van der Waals surface area (Å²) < 4.78 is 27.3. The van der Waals surface area contributed by atoms with Crippen LogP contribution in [0.15, 0.2) is 36.7 Å². The lowest BCUT2D eigenvalue weighted by Crippen LogP contribution is -2.10. The van der Waals surface area contributed by atoms with Crippen molar-refractivity contribution in [2.45, 2.75) is 6.92 Å². The number of hydrogen-bond donors (Lipinski definition) is 3. The molecule has 0 aliphatic heterocycles. The molecule has 0 spiro atoms. The zero-order valence-electron chi connectivity index (χ0n) is 15.8. The SMILES string of the molecule is Cc1nc(N)nc(-c2c(Nc3cnc(Cl)c(NS(C)(=O)=O)c3)nc3ccccn23)n1. The predicted molar refractivity (Wildman–Crippen MR) is 114 cm³/mol. The van der Waals surface area contributed by atoms with Crippen molar-refractivity contribution in [3.8, 4) is 11.5 Å². The van der Waals surface area contributed by atoms with Crippen LogP contribution < -0.4 is 15.8 Å². The summed E-state index contributed by atoms with van der Waals surface area (Å²) in [6, 6.07) is 7.03. The Morgan fingerprint density at radius 3 is 2.70 bits per heavy atom. The Bertz CT molecular complexity index is 1350. The number of sulfonamides is 1. The monoisotopic (exact) mass is 445 g/mol. The van der Waals surface area contributed by atoms with Crippen molar-refractivity contribution in [2.24, 2.45) is 0 Å². The van der Waals surface area contributed by atoms with Gasteiger partial charge in [-0.1, -0.05) is 17.7 Å². The smallest absolute Gasteiger partial charge is 0.229 e. The second kappa shape index (κ2) is 7.39. The van der Waals surface area contributed by atoms with Gasteiger partial charge in [0.1, 0.15) is 17.2 Å². The summed E-state index contributed by atoms with van der Waals surface area (Å²) in [7, 11) is -3.53. The van der Waals surface area contributed by atoms with Gasteiger partial charge in [0.2, 0.25) is 16.0 Å². The molecule has 4 rings (SSSR count). The largest absolute Gasteiger partial charge is 0.368 e. The van der Waals surface area contributed by atoms with Gasteiger partial charge in [-0.15, -0.1) is 0 Å². The summed E-state index contributed by atoms with van der Waals surface area (Å²) in [6.07, 6.45) is 4.29. The summed E-state index contributed by atoms with van der Waals surface area (Å²) in [5, 5.41) is 3.14. The van der Waals surface area contributed by atoms with Gasteiger partial charge in [0.15, 0.2) is 16.8 Å². The van der Waals surface area contributed by atoms with Gasteiger partial charge in [-0.3, -0.25) is 9.12 Å². The molecule has 0 bridgehead atoms. The van der Waals surface area contributed by atoms with Crippen LogP contribution in [0.1, 0.15) is 5.82 Å². The molecular weight excluding hydrogens is 430 g/mol. The highest BCUT2D eigenvalue weighted by Gasteiger charge is 2.19. The summed E-state index contributed by atoms with van der Waals surface area (Å²) in [4.78, 5) is 21.2. The quantitative estimate of drug-likeness (QED) is 0.392. The Labute approximate surface area is 176 Å². The third-order valence-corrected chi connectivity index (χ3v) is 4.80. The van der Waals surface area contributed by atoms with Gasteiger partial charge in [-0.25, -0.2) is 23.4 Å². The van der Waals surface area contributed by atoms with Crippen molar-refractivity contribution in [1.82, 2.24) is 29.3 Å². The van der Waals surface area contributed by atoms with Crippen LogP contribution in [0.25, 0.3) is 17.2 Å². The van der Waals surface area contributed by atoms with Crippen LogP contribution in [0.5, 0.6) is 0 Å². The van der Waals surface area contributed by atoms with Gasteiger partial charge < -0.3 is 11.1 Å². The molecule has 13 heteroatoms. The number of imidazole rings is 1. The first-order valence-electron chi connectivity index (χ1n) is 8.55. The second-order valence-corrected chi connectivity index (χ2v) is 8.47. The molecule has 11 nitrogen and oxygen atoms in total. The summed E-state index contributed by atoms with van der Waals surface area (Å²) >= 11 is 6.01. The molecule has 4 aromatic rings. The molecule has 0 saturated heterocycles. The minimum atomic E-state index is -3.53. The number of nitrogens with two attached hydrogens (primary N) is 1. The zero-order chi connectivity index (χ0) is 21.5. The second-order valence-electron chi connectivity index (χ2n) is 6.36. The zero-order valence-corrected chi connectivity index (χ0v) is 17.4. The van der Waals surface area contributed by atoms with Crippen LogP contribution >= 0.6 is 11.6 Å². The van der Waals surface area contributed by atoms with E-state index in [0.29, 0.717) is 34.5 Å². The predicted octanol–water partition coefficient (Wildman–Crippen LogP) is 2.24. The van der Waals surface area contributed by atoms with E-state index in [9.17, 15) is 8.42 Å². The van der Waals surface area contributed by atoms with Crippen LogP contribution in [-0.4, -0.2) is 44.0 Å². The minimum Gasteiger partial charge on any atom is -0.368 e. The molecule has 0 atom stereocenters. The molecule has 154 valence electrons. The number of rotatable bonds is 5. The molecule has 0 fully saturated rings. The van der Waals surface area contributed by atoms with Crippen LogP contribution in [0, 0.1) is 6.92 Å². The van der Waals surface area contributed by atoms with Crippen LogP contribution in [0.2, 0.25) is 5.15 Å². The molecule has 4 N–H and O–H groups in total. The van der Waals surface area contributed by atoms with Gasteiger partial charge in [-0.2, -0.15) is 9.97 Å². The molecule has 30 heavy (non-hydrogen) atoms. The fourth-order valence-electron chi connectivity index (χ4n) is 2.83. The lowest BCUT2D eigenvalue weighted by atomic mass is 10.3. The van der Waals surface area contributed by atoms with Gasteiger partial charge in [0.25, 0.3) is 0 Å². The van der Waals surface area contributed by atoms with Crippen molar-refractivity contribution < 1.29 is 8.42 Å². The highest BCUT2D eigenvalue weighted by molar-refractivity contribution is 7.92. The van der Waals surface area contributed by atoms with Gasteiger partial charge >= 0.3 is 0 Å². The first kappa shape index (κ1) is 19.8. The summed E-state index contributed by atoms with van der Waals surface area (Å²) in [5.74, 6) is 1.29. The standard InChI is InChI=1S/C17H16ClN9O2S/c1-9-21-15(25-17(19)22-9)13-16(24-12-5-3-4-6-27(12)13)23-10-7-11(14(18)20-8-10)26-30(2,28)29/h3-8,23,26H,1-2H3,(H2,19,21,22,25). The number of nitrogen functional groups attached to an aromatic ring is 1. The Balaban J connectivity index is 1.83. The lowest BCUT2D eigenvalue weighted by Gasteiger charge is -2.10. The van der Waals surface area contributed by atoms with E-state index in [4.69, 9.17) is 17.3 Å². The van der Waals surface area contributed by atoms with Crippen LogP contribution in [0.3, 0.4) is 0 Å². The fourth-order valence-corrected chi connectivity index (χ4v) is 3.59. The lowest BCUT2D eigenvalue weighted by molar-refractivity contribution is 0.607. The molecule has 0 aliphatic rings. The maximum absolute atomic E-state index is 11.6. The van der Waals surface area contributed by atoms with Crippen molar-refractivity contribution in [1.29, 1.82) is 0 Å². The van der Waals surface area contributed by atoms with Crippen molar-refractivity contribution in [3.63, 3.8) is 0 Å². The maximum atomic E-state index is 11.6. The maximum Gasteiger partial charge on any atom is 0.229 e. The molecule has 0 radical (unpaired) electrons. The van der Waals surface area contributed by atoms with Gasteiger partial charge in [0.05, 0.1) is 23.8 Å². The number of fused-ring (bicyclic) bond motifs is 1. The molecule has 4 aromatic heterocycles. The third kappa shape index (κ3) is 4.09. The van der Waals surface area contributed by atoms with E-state index < -0.39 is 10.0 Å². The number of aryl methyl sites for hydroxylation is 1. The Morgan fingerprint density at radius 1 is 1.17 bits per heavy atom. The minimum absolute atomic E-state index is 0.0158. The van der Waals surface area contributed by atoms with E-state index in [1.54, 1.807) is 11.3 Å². The fraction of sp³-hybridized carbons (Fsp3) is 0.118. The topological polar surface area (TPSA) is 153 Å². The molecule has 4 heterocycles. The molecule has 0 saturated carbocycles. The highest BCUT2D eigenvalue weighted by Crippen LogP contribution is 2.31. The average Bonchev–Trinajstić information content (AvgIpc) is 3.00. The normalized spacial score (nSPS) is 11.6. The Kier molecular flexibility index (Phi) is 4.87. The first-order chi connectivity index (χ1) is 14.2. The number of halogens is 1. The van der Waals surface area contributed by atoms with E-state index in [1.807, 2.05) is 24.4 Å². The van der Waals surface area contributed by atoms with Crippen molar-refractivity contribution in [2.75, 3.05) is 22.0 Å². The first-order valence-corrected chi connectivity index (χ1v) is 10.8. The number of hydrogen-bond acceptors (Lipinski definition) is 9. The average molecular weight is 446 g/mol. The Hall–Kier alpha value is -3.51. The number of nitrogens with one attached hydrogen (secondary N) is 2. The van der Waals surface area contributed by atoms with E-state index in [-0.39, 0.29) is 16.8 Å². The molecule has 0 aliphatic carbocycles. The van der Waals surface area contributed by atoms with Gasteiger partial charge in [-0.05, 0) is 25.1 Å². The Morgan fingerprint density at radius 2 is 1.97 bits per heavy atom. The van der Waals surface area contributed by atoms with Crippen LogP contribution in [0.4, 0.5) is 23.1 Å². The molecule has 0 aromatic carbocycles. The third-order valence-electron chi connectivity index (χ3n) is 3.90. The van der Waals surface area contributed by atoms with Crippen molar-refractivity contribution >= 4 is 50.4 Å². The summed E-state index contributed by atoms with van der Waals surface area (Å²) in [5.41, 5.74) is 7.59. The van der Waals surface area contributed by atoms with E-state index in [2.05, 4.69) is 35.0 Å². The van der Waals surface area contributed by atoms with E-state index in [1.165, 1.54) is 12.3 Å². The number of nitrogens with zero attached hydrogens (tertiary/aromatic N) is 6. The van der Waals surface area contributed by atoms with Crippen LogP contribution in [-0.2, 0) is 10.0 Å². The van der Waals surface area contributed by atoms with Crippen molar-refractivity contribution in [3.05, 3.63) is 47.6 Å². The molecular formula is C17H16ClN9O2S. The number of aromatic nitrogens is 6. The number of pyridine rings is 2. The van der Waals surface area contributed by atoms with E-state index >= 15 is 0 Å².